The van der Waals surface area contributed by atoms with Crippen LogP contribution in [0.15, 0.2) is 22.7 Å². The lowest BCUT2D eigenvalue weighted by atomic mass is 10.1. The minimum Gasteiger partial charge on any atom is -0.384 e. The Balaban J connectivity index is 2.82. The van der Waals surface area contributed by atoms with E-state index in [1.807, 2.05) is 18.2 Å². The first-order valence-electron chi connectivity index (χ1n) is 5.19. The standard InChI is InChI=1S/C12H16BrNO/c1-3-4-7-14-12-8-10(13)5-6-11(12)9(2)15/h5-6,8,14H,3-4,7H2,1-2H3. The van der Waals surface area contributed by atoms with Gasteiger partial charge in [0.25, 0.3) is 0 Å². The summed E-state index contributed by atoms with van der Waals surface area (Å²) in [5.41, 5.74) is 1.68. The molecular weight excluding hydrogens is 254 g/mol. The predicted molar refractivity (Wildman–Crippen MR) is 67.5 cm³/mol. The molecule has 2 nitrogen and oxygen atoms in total. The van der Waals surface area contributed by atoms with E-state index >= 15 is 0 Å². The minimum atomic E-state index is 0.0986. The summed E-state index contributed by atoms with van der Waals surface area (Å²) in [4.78, 5) is 11.4. The molecule has 0 atom stereocenters. The first-order chi connectivity index (χ1) is 7.15. The molecule has 1 aromatic carbocycles. The fourth-order valence-electron chi connectivity index (χ4n) is 1.37. The molecule has 82 valence electrons. The fourth-order valence-corrected chi connectivity index (χ4v) is 1.73. The number of halogens is 1. The monoisotopic (exact) mass is 269 g/mol. The molecule has 0 radical (unpaired) electrons. The van der Waals surface area contributed by atoms with Crippen LogP contribution in [0, 0.1) is 0 Å². The van der Waals surface area contributed by atoms with Crippen LogP contribution in [0.1, 0.15) is 37.0 Å². The second-order valence-electron chi connectivity index (χ2n) is 3.53. The molecule has 0 bridgehead atoms. The number of unbranched alkanes of at least 4 members (excludes halogenated alkanes) is 1. The number of Topliss-reactive ketones (excluding diaryl/α,β-unsaturated/α-hetero) is 1. The zero-order valence-electron chi connectivity index (χ0n) is 9.14. The third kappa shape index (κ3) is 3.67. The number of carbonyl (C=O) groups excluding carboxylic acids is 1. The van der Waals surface area contributed by atoms with Crippen molar-refractivity contribution < 1.29 is 4.79 Å². The van der Waals surface area contributed by atoms with Gasteiger partial charge in [-0.25, -0.2) is 0 Å². The summed E-state index contributed by atoms with van der Waals surface area (Å²) in [5.74, 6) is 0.0986. The molecule has 0 saturated carbocycles. The Morgan fingerprint density at radius 3 is 2.80 bits per heavy atom. The van der Waals surface area contributed by atoms with E-state index in [4.69, 9.17) is 0 Å². The zero-order valence-corrected chi connectivity index (χ0v) is 10.7. The fraction of sp³-hybridized carbons (Fsp3) is 0.417. The Hall–Kier alpha value is -0.830. The van der Waals surface area contributed by atoms with Crippen molar-refractivity contribution in [1.82, 2.24) is 0 Å². The van der Waals surface area contributed by atoms with Crippen LogP contribution in [-0.4, -0.2) is 12.3 Å². The summed E-state index contributed by atoms with van der Waals surface area (Å²) >= 11 is 3.40. The topological polar surface area (TPSA) is 29.1 Å². The van der Waals surface area contributed by atoms with Crippen LogP contribution in [-0.2, 0) is 0 Å². The van der Waals surface area contributed by atoms with Crippen LogP contribution >= 0.6 is 15.9 Å². The molecule has 0 spiro atoms. The minimum absolute atomic E-state index is 0.0986. The van der Waals surface area contributed by atoms with Gasteiger partial charge in [-0.2, -0.15) is 0 Å². The molecule has 0 unspecified atom stereocenters. The zero-order chi connectivity index (χ0) is 11.3. The maximum Gasteiger partial charge on any atom is 0.161 e. The third-order valence-corrected chi connectivity index (χ3v) is 2.70. The number of nitrogens with one attached hydrogen (secondary N) is 1. The van der Waals surface area contributed by atoms with Crippen LogP contribution in [0.5, 0.6) is 0 Å². The lowest BCUT2D eigenvalue weighted by molar-refractivity contribution is 0.101. The molecule has 3 heteroatoms. The highest BCUT2D eigenvalue weighted by Crippen LogP contribution is 2.21. The van der Waals surface area contributed by atoms with E-state index in [1.165, 1.54) is 0 Å². The first kappa shape index (κ1) is 12.2. The highest BCUT2D eigenvalue weighted by molar-refractivity contribution is 9.10. The molecule has 0 aromatic heterocycles. The highest BCUT2D eigenvalue weighted by atomic mass is 79.9. The van der Waals surface area contributed by atoms with Crippen molar-refractivity contribution in [2.75, 3.05) is 11.9 Å². The van der Waals surface area contributed by atoms with Crippen molar-refractivity contribution in [2.24, 2.45) is 0 Å². The van der Waals surface area contributed by atoms with E-state index in [0.717, 1.165) is 35.1 Å². The molecule has 1 aromatic rings. The van der Waals surface area contributed by atoms with Gasteiger partial charge in [0.05, 0.1) is 0 Å². The van der Waals surface area contributed by atoms with Gasteiger partial charge < -0.3 is 5.32 Å². The van der Waals surface area contributed by atoms with Crippen LogP contribution in [0.4, 0.5) is 5.69 Å². The van der Waals surface area contributed by atoms with Crippen molar-refractivity contribution in [2.45, 2.75) is 26.7 Å². The quantitative estimate of drug-likeness (QED) is 0.650. The molecule has 0 fully saturated rings. The van der Waals surface area contributed by atoms with Gasteiger partial charge >= 0.3 is 0 Å². The Labute approximate surface area is 99.2 Å². The summed E-state index contributed by atoms with van der Waals surface area (Å²) in [6.45, 7) is 4.65. The molecule has 0 aliphatic rings. The van der Waals surface area contributed by atoms with Gasteiger partial charge in [-0.3, -0.25) is 4.79 Å². The van der Waals surface area contributed by atoms with Crippen molar-refractivity contribution in [1.29, 1.82) is 0 Å². The molecular formula is C12H16BrNO. The average molecular weight is 270 g/mol. The third-order valence-electron chi connectivity index (χ3n) is 2.21. The number of carbonyl (C=O) groups is 1. The maximum atomic E-state index is 11.4. The smallest absolute Gasteiger partial charge is 0.161 e. The lowest BCUT2D eigenvalue weighted by Gasteiger charge is -2.10. The van der Waals surface area contributed by atoms with E-state index in [0.29, 0.717) is 0 Å². The molecule has 1 rings (SSSR count). The summed E-state index contributed by atoms with van der Waals surface area (Å²) in [7, 11) is 0. The number of anilines is 1. The molecule has 0 aliphatic carbocycles. The first-order valence-corrected chi connectivity index (χ1v) is 5.98. The predicted octanol–water partition coefficient (Wildman–Crippen LogP) is 3.86. The highest BCUT2D eigenvalue weighted by Gasteiger charge is 2.06. The van der Waals surface area contributed by atoms with Gasteiger partial charge in [-0.1, -0.05) is 29.3 Å². The molecule has 0 saturated heterocycles. The van der Waals surface area contributed by atoms with Gasteiger partial charge in [0, 0.05) is 22.3 Å². The maximum absolute atomic E-state index is 11.4. The number of benzene rings is 1. The normalized spacial score (nSPS) is 10.1. The van der Waals surface area contributed by atoms with E-state index in [9.17, 15) is 4.79 Å². The summed E-state index contributed by atoms with van der Waals surface area (Å²) in [6.07, 6.45) is 2.26. The number of hydrogen-bond donors (Lipinski definition) is 1. The average Bonchev–Trinajstić information content (AvgIpc) is 2.18. The molecule has 0 aliphatic heterocycles. The Morgan fingerprint density at radius 2 is 2.20 bits per heavy atom. The van der Waals surface area contributed by atoms with Gasteiger partial charge in [0.1, 0.15) is 0 Å². The van der Waals surface area contributed by atoms with E-state index < -0.39 is 0 Å². The van der Waals surface area contributed by atoms with E-state index in [1.54, 1.807) is 6.92 Å². The van der Waals surface area contributed by atoms with Crippen LogP contribution in [0.2, 0.25) is 0 Å². The number of ketones is 1. The summed E-state index contributed by atoms with van der Waals surface area (Å²) in [6, 6.07) is 5.69. The lowest BCUT2D eigenvalue weighted by Crippen LogP contribution is -2.06. The van der Waals surface area contributed by atoms with E-state index in [2.05, 4.69) is 28.2 Å². The second kappa shape index (κ2) is 5.91. The van der Waals surface area contributed by atoms with Gasteiger partial charge in [-0.05, 0) is 31.5 Å². The Bertz CT molecular complexity index is 349. The Morgan fingerprint density at radius 1 is 1.47 bits per heavy atom. The largest absolute Gasteiger partial charge is 0.384 e. The summed E-state index contributed by atoms with van der Waals surface area (Å²) < 4.78 is 0.992. The van der Waals surface area contributed by atoms with Crippen molar-refractivity contribution >= 4 is 27.4 Å². The van der Waals surface area contributed by atoms with Gasteiger partial charge in [-0.15, -0.1) is 0 Å². The number of hydrogen-bond acceptors (Lipinski definition) is 2. The Kier molecular flexibility index (Phi) is 4.82. The second-order valence-corrected chi connectivity index (χ2v) is 4.44. The summed E-state index contributed by atoms with van der Waals surface area (Å²) in [5, 5.41) is 3.29. The van der Waals surface area contributed by atoms with Crippen LogP contribution in [0.25, 0.3) is 0 Å². The van der Waals surface area contributed by atoms with Crippen LogP contribution in [0.3, 0.4) is 0 Å². The van der Waals surface area contributed by atoms with Crippen molar-refractivity contribution in [3.63, 3.8) is 0 Å². The number of rotatable bonds is 5. The molecule has 1 N–H and O–H groups in total. The molecule has 15 heavy (non-hydrogen) atoms. The van der Waals surface area contributed by atoms with Gasteiger partial charge in [0.2, 0.25) is 0 Å². The van der Waals surface area contributed by atoms with Crippen LogP contribution < -0.4 is 5.32 Å². The SMILES string of the molecule is CCCCNc1cc(Br)ccc1C(C)=O. The molecule has 0 heterocycles. The van der Waals surface area contributed by atoms with E-state index in [-0.39, 0.29) is 5.78 Å². The van der Waals surface area contributed by atoms with Crippen molar-refractivity contribution in [3.8, 4) is 0 Å². The van der Waals surface area contributed by atoms with Crippen molar-refractivity contribution in [3.05, 3.63) is 28.2 Å². The molecule has 0 amide bonds. The van der Waals surface area contributed by atoms with Gasteiger partial charge in [0.15, 0.2) is 5.78 Å².